The zero-order valence-corrected chi connectivity index (χ0v) is 18.4. The number of aryl methyl sites for hydroxylation is 2. The van der Waals surface area contributed by atoms with E-state index < -0.39 is 0 Å². The van der Waals surface area contributed by atoms with Crippen molar-refractivity contribution in [2.45, 2.75) is 104 Å². The van der Waals surface area contributed by atoms with Crippen LogP contribution in [0.25, 0.3) is 11.1 Å². The number of unbranched alkanes of at least 4 members (excludes halogenated alkanes) is 10. The van der Waals surface area contributed by atoms with E-state index in [0.29, 0.717) is 0 Å². The summed E-state index contributed by atoms with van der Waals surface area (Å²) < 4.78 is 0. The smallest absolute Gasteiger partial charge is 0.0149 e. The van der Waals surface area contributed by atoms with Crippen LogP contribution in [0.2, 0.25) is 0 Å². The van der Waals surface area contributed by atoms with E-state index in [1.54, 1.807) is 0 Å². The Hall–Kier alpha value is -1.56. The fourth-order valence-electron chi connectivity index (χ4n) is 3.87. The van der Waals surface area contributed by atoms with Gasteiger partial charge in [-0.25, -0.2) is 0 Å². The molecular weight excluding hydrogens is 336 g/mol. The van der Waals surface area contributed by atoms with Gasteiger partial charge < -0.3 is 0 Å². The Morgan fingerprint density at radius 2 is 0.929 bits per heavy atom. The third-order valence-corrected chi connectivity index (χ3v) is 5.66. The van der Waals surface area contributed by atoms with Gasteiger partial charge in [0.15, 0.2) is 0 Å². The van der Waals surface area contributed by atoms with E-state index in [1.807, 2.05) is 0 Å². The topological polar surface area (TPSA) is 0 Å². The second kappa shape index (κ2) is 14.4. The summed E-state index contributed by atoms with van der Waals surface area (Å²) in [6, 6.07) is 20.2. The lowest BCUT2D eigenvalue weighted by Gasteiger charge is -2.08. The minimum atomic E-state index is 1.16. The molecule has 2 radical (unpaired) electrons. The summed E-state index contributed by atoms with van der Waals surface area (Å²) in [7, 11) is 0. The second-order valence-electron chi connectivity index (χ2n) is 8.24. The molecule has 0 N–H and O–H groups in total. The van der Waals surface area contributed by atoms with E-state index in [9.17, 15) is 0 Å². The first-order chi connectivity index (χ1) is 13.8. The molecule has 0 bridgehead atoms. The van der Waals surface area contributed by atoms with Crippen LogP contribution in [0.1, 0.15) is 102 Å². The van der Waals surface area contributed by atoms with Gasteiger partial charge in [0.2, 0.25) is 0 Å². The van der Waals surface area contributed by atoms with E-state index in [2.05, 4.69) is 62.4 Å². The van der Waals surface area contributed by atoms with Gasteiger partial charge in [0, 0.05) is 0 Å². The summed E-state index contributed by atoms with van der Waals surface area (Å²) in [6.07, 6.45) is 18.5. The molecule has 0 atom stereocenters. The quantitative estimate of drug-likeness (QED) is 0.272. The molecule has 0 fully saturated rings. The van der Waals surface area contributed by atoms with Crippen LogP contribution in [-0.2, 0) is 12.8 Å². The summed E-state index contributed by atoms with van der Waals surface area (Å²) in [5.41, 5.74) is 5.38. The number of hydrogen-bond donors (Lipinski definition) is 0. The molecule has 2 rings (SSSR count). The normalized spacial score (nSPS) is 11.1. The lowest BCUT2D eigenvalue weighted by molar-refractivity contribution is 0.607. The lowest BCUT2D eigenvalue weighted by Crippen LogP contribution is -1.90. The van der Waals surface area contributed by atoms with Crippen LogP contribution >= 0.6 is 0 Å². The first-order valence-corrected chi connectivity index (χ1v) is 11.8. The summed E-state index contributed by atoms with van der Waals surface area (Å²) in [5.74, 6) is 0. The molecule has 0 aromatic heterocycles. The highest BCUT2D eigenvalue weighted by Gasteiger charge is 2.03. The van der Waals surface area contributed by atoms with Crippen molar-refractivity contribution >= 4 is 0 Å². The molecule has 0 aliphatic carbocycles. The average molecular weight is 377 g/mol. The predicted octanol–water partition coefficient (Wildman–Crippen LogP) is 8.76. The summed E-state index contributed by atoms with van der Waals surface area (Å²) >= 11 is 0. The molecular formula is C28H40. The summed E-state index contributed by atoms with van der Waals surface area (Å²) in [4.78, 5) is 0. The van der Waals surface area contributed by atoms with Crippen LogP contribution in [0.3, 0.4) is 0 Å². The molecule has 0 aliphatic heterocycles. The van der Waals surface area contributed by atoms with Gasteiger partial charge in [-0.1, -0.05) is 114 Å². The van der Waals surface area contributed by atoms with Crippen molar-refractivity contribution in [2.24, 2.45) is 0 Å². The second-order valence-corrected chi connectivity index (χ2v) is 8.24. The van der Waals surface area contributed by atoms with Gasteiger partial charge >= 0.3 is 0 Å². The monoisotopic (exact) mass is 376 g/mol. The highest BCUT2D eigenvalue weighted by atomic mass is 14.1. The van der Waals surface area contributed by atoms with Gasteiger partial charge in [0.1, 0.15) is 0 Å². The molecule has 0 nitrogen and oxygen atoms in total. The van der Waals surface area contributed by atoms with E-state index in [1.165, 1.54) is 99.3 Å². The van der Waals surface area contributed by atoms with Crippen LogP contribution in [0, 0.1) is 12.1 Å². The van der Waals surface area contributed by atoms with Crippen LogP contribution in [-0.4, -0.2) is 0 Å². The molecule has 0 amide bonds. The highest BCUT2D eigenvalue weighted by molar-refractivity contribution is 5.64. The van der Waals surface area contributed by atoms with Crippen molar-refractivity contribution in [1.82, 2.24) is 0 Å². The molecule has 0 aliphatic rings. The number of hydrogen-bond acceptors (Lipinski definition) is 0. The maximum Gasteiger partial charge on any atom is -0.0149 e. The van der Waals surface area contributed by atoms with Gasteiger partial charge in [0.25, 0.3) is 0 Å². The maximum atomic E-state index is 3.45. The predicted molar refractivity (Wildman–Crippen MR) is 124 cm³/mol. The fourth-order valence-corrected chi connectivity index (χ4v) is 3.87. The Kier molecular flexibility index (Phi) is 11.7. The standard InChI is InChI=1S/C28H40/c1-3-5-7-9-11-13-17-25-19-15-21-27(23-25)28-22-16-20-26(24-28)18-14-12-10-8-6-4-2/h15-16,21-24H,3-14,17-18H2,1-2H3. The Bertz CT molecular complexity index is 582. The summed E-state index contributed by atoms with van der Waals surface area (Å²) in [6.45, 7) is 4.56. The van der Waals surface area contributed by atoms with Crippen molar-refractivity contribution in [3.63, 3.8) is 0 Å². The molecule has 152 valence electrons. The third-order valence-electron chi connectivity index (χ3n) is 5.66. The van der Waals surface area contributed by atoms with Gasteiger partial charge in [-0.05, 0) is 60.1 Å². The molecule has 28 heavy (non-hydrogen) atoms. The van der Waals surface area contributed by atoms with Crippen LogP contribution < -0.4 is 0 Å². The summed E-state index contributed by atoms with van der Waals surface area (Å²) in [5, 5.41) is 0. The molecule has 0 saturated heterocycles. The van der Waals surface area contributed by atoms with Crippen molar-refractivity contribution in [3.05, 3.63) is 59.7 Å². The number of rotatable bonds is 15. The Morgan fingerprint density at radius 1 is 0.536 bits per heavy atom. The van der Waals surface area contributed by atoms with Crippen molar-refractivity contribution in [3.8, 4) is 11.1 Å². The average Bonchev–Trinajstić information content (AvgIpc) is 2.73. The minimum absolute atomic E-state index is 1.16. The van der Waals surface area contributed by atoms with E-state index in [-0.39, 0.29) is 0 Å². The lowest BCUT2D eigenvalue weighted by atomic mass is 9.97. The van der Waals surface area contributed by atoms with Crippen LogP contribution in [0.15, 0.2) is 36.4 Å². The fraction of sp³-hybridized carbons (Fsp3) is 0.571. The largest absolute Gasteiger partial charge is 0.0654 e. The molecule has 0 saturated carbocycles. The van der Waals surface area contributed by atoms with Crippen molar-refractivity contribution < 1.29 is 0 Å². The van der Waals surface area contributed by atoms with E-state index in [0.717, 1.165) is 12.8 Å². The zero-order chi connectivity index (χ0) is 19.9. The van der Waals surface area contributed by atoms with Gasteiger partial charge in [-0.15, -0.1) is 0 Å². The molecule has 0 spiro atoms. The minimum Gasteiger partial charge on any atom is -0.0654 e. The first-order valence-electron chi connectivity index (χ1n) is 11.8. The maximum absolute atomic E-state index is 3.45. The molecule has 0 unspecified atom stereocenters. The molecule has 2 aromatic carbocycles. The van der Waals surface area contributed by atoms with E-state index >= 15 is 0 Å². The van der Waals surface area contributed by atoms with Crippen molar-refractivity contribution in [2.75, 3.05) is 0 Å². The van der Waals surface area contributed by atoms with E-state index in [4.69, 9.17) is 0 Å². The van der Waals surface area contributed by atoms with Crippen molar-refractivity contribution in [1.29, 1.82) is 0 Å². The Labute approximate surface area is 174 Å². The Morgan fingerprint density at radius 3 is 1.36 bits per heavy atom. The van der Waals surface area contributed by atoms with Gasteiger partial charge in [-0.2, -0.15) is 0 Å². The molecule has 0 heteroatoms. The van der Waals surface area contributed by atoms with Crippen LogP contribution in [0.4, 0.5) is 0 Å². The first kappa shape index (κ1) is 22.7. The highest BCUT2D eigenvalue weighted by Crippen LogP contribution is 2.23. The zero-order valence-electron chi connectivity index (χ0n) is 18.4. The van der Waals surface area contributed by atoms with Crippen LogP contribution in [0.5, 0.6) is 0 Å². The number of benzene rings is 2. The van der Waals surface area contributed by atoms with Gasteiger partial charge in [-0.3, -0.25) is 0 Å². The molecule has 0 heterocycles. The third kappa shape index (κ3) is 9.09. The Balaban J connectivity index is 1.82. The SMILES string of the molecule is CCCCCCCCc1[c]ccc(-c2cc[c]c(CCCCCCCC)c2)c1. The van der Waals surface area contributed by atoms with Gasteiger partial charge in [0.05, 0.1) is 0 Å². The molecule has 2 aromatic rings.